The van der Waals surface area contributed by atoms with Crippen molar-refractivity contribution in [3.63, 3.8) is 0 Å². The van der Waals surface area contributed by atoms with Crippen molar-refractivity contribution in [2.45, 2.75) is 90.1 Å². The highest BCUT2D eigenvalue weighted by molar-refractivity contribution is 5.94. The lowest BCUT2D eigenvalue weighted by Crippen LogP contribution is -2.48. The summed E-state index contributed by atoms with van der Waals surface area (Å²) in [5, 5.41) is 18.2. The van der Waals surface area contributed by atoms with Gasteiger partial charge in [0, 0.05) is 67.6 Å². The molecule has 7 heteroatoms. The topological polar surface area (TPSA) is 78.2 Å². The Labute approximate surface area is 215 Å². The zero-order valence-corrected chi connectivity index (χ0v) is 22.1. The summed E-state index contributed by atoms with van der Waals surface area (Å²) in [7, 11) is 0. The Hall–Kier alpha value is -2.48. The molecule has 1 aliphatic heterocycles. The second-order valence-electron chi connectivity index (χ2n) is 11.0. The van der Waals surface area contributed by atoms with E-state index in [1.165, 1.54) is 16.7 Å². The lowest BCUT2D eigenvalue weighted by atomic mass is 9.93. The number of anilines is 1. The number of benzene rings is 1. The van der Waals surface area contributed by atoms with Crippen molar-refractivity contribution < 1.29 is 5.11 Å². The number of nitrogens with one attached hydrogen (secondary N) is 2. The zero-order chi connectivity index (χ0) is 25.1. The largest absolute Gasteiger partial charge is 0.393 e. The Balaban J connectivity index is 1.43. The first-order valence-corrected chi connectivity index (χ1v) is 13.9. The molecule has 0 bridgehead atoms. The summed E-state index contributed by atoms with van der Waals surface area (Å²) < 4.78 is 2.35. The highest BCUT2D eigenvalue weighted by Crippen LogP contribution is 2.37. The van der Waals surface area contributed by atoms with Crippen LogP contribution in [0.5, 0.6) is 0 Å². The van der Waals surface area contributed by atoms with Gasteiger partial charge in [-0.1, -0.05) is 37.6 Å². The summed E-state index contributed by atoms with van der Waals surface area (Å²) in [6.45, 7) is 10.9. The van der Waals surface area contributed by atoms with Crippen molar-refractivity contribution in [1.82, 2.24) is 24.8 Å². The lowest BCUT2D eigenvalue weighted by molar-refractivity contribution is 0.111. The van der Waals surface area contributed by atoms with E-state index in [-0.39, 0.29) is 6.10 Å². The third kappa shape index (κ3) is 5.74. The number of piperazine rings is 1. The molecule has 0 radical (unpaired) electrons. The van der Waals surface area contributed by atoms with Crippen molar-refractivity contribution in [2.24, 2.45) is 0 Å². The molecule has 2 atom stereocenters. The molecule has 5 rings (SSSR count). The first-order chi connectivity index (χ1) is 17.5. The van der Waals surface area contributed by atoms with Gasteiger partial charge in [0.2, 0.25) is 5.95 Å². The molecule has 1 aliphatic carbocycles. The summed E-state index contributed by atoms with van der Waals surface area (Å²) in [5.41, 5.74) is 4.74. The molecule has 3 N–H and O–H groups in total. The molecular formula is C29H42N6O. The summed E-state index contributed by atoms with van der Waals surface area (Å²) in [5.74, 6) is 0.700. The lowest BCUT2D eigenvalue weighted by Gasteiger charge is -2.31. The first kappa shape index (κ1) is 25.2. The maximum atomic E-state index is 10.1. The number of aromatic nitrogens is 3. The molecule has 36 heavy (non-hydrogen) atoms. The van der Waals surface area contributed by atoms with E-state index in [0.717, 1.165) is 75.7 Å². The standard InChI is InChI=1S/C29H42N6O/c1-4-5-20(2)32-29-31-16-26-27(19-35(28(26)33-29)24-10-12-25(36)13-11-24)23-8-6-22(7-9-23)18-34-15-14-30-21(3)17-34/h6-9,16,19-21,24-25,30,36H,4-5,10-15,17-18H2,1-3H3,(H,31,32,33). The highest BCUT2D eigenvalue weighted by Gasteiger charge is 2.24. The minimum atomic E-state index is -0.171. The van der Waals surface area contributed by atoms with Crippen LogP contribution >= 0.6 is 0 Å². The van der Waals surface area contributed by atoms with Gasteiger partial charge >= 0.3 is 0 Å². The van der Waals surface area contributed by atoms with Crippen LogP contribution in [-0.4, -0.2) is 62.4 Å². The number of aliphatic hydroxyl groups excluding tert-OH is 1. The van der Waals surface area contributed by atoms with Crippen LogP contribution in [0.4, 0.5) is 5.95 Å². The summed E-state index contributed by atoms with van der Waals surface area (Å²) in [4.78, 5) is 12.2. The molecule has 2 fully saturated rings. The van der Waals surface area contributed by atoms with E-state index in [9.17, 15) is 5.11 Å². The zero-order valence-electron chi connectivity index (χ0n) is 22.1. The Kier molecular flexibility index (Phi) is 7.89. The van der Waals surface area contributed by atoms with Gasteiger partial charge in [0.15, 0.2) is 0 Å². The van der Waals surface area contributed by atoms with Crippen molar-refractivity contribution in [3.05, 3.63) is 42.2 Å². The third-order valence-corrected chi connectivity index (χ3v) is 7.85. The molecule has 194 valence electrons. The van der Waals surface area contributed by atoms with Crippen LogP contribution in [0.2, 0.25) is 0 Å². The van der Waals surface area contributed by atoms with Crippen molar-refractivity contribution in [3.8, 4) is 11.1 Å². The van der Waals surface area contributed by atoms with Crippen molar-refractivity contribution in [1.29, 1.82) is 0 Å². The number of fused-ring (bicyclic) bond motifs is 1. The second kappa shape index (κ2) is 11.3. The van der Waals surface area contributed by atoms with E-state index in [2.05, 4.69) is 71.3 Å². The predicted octanol–water partition coefficient (Wildman–Crippen LogP) is 4.97. The summed E-state index contributed by atoms with van der Waals surface area (Å²) in [6.07, 6.45) is 9.97. The minimum Gasteiger partial charge on any atom is -0.393 e. The Morgan fingerprint density at radius 2 is 1.94 bits per heavy atom. The number of hydrogen-bond donors (Lipinski definition) is 3. The Morgan fingerprint density at radius 3 is 2.67 bits per heavy atom. The molecule has 0 spiro atoms. The smallest absolute Gasteiger partial charge is 0.224 e. The molecule has 7 nitrogen and oxygen atoms in total. The van der Waals surface area contributed by atoms with Crippen molar-refractivity contribution >= 4 is 17.0 Å². The van der Waals surface area contributed by atoms with E-state index < -0.39 is 0 Å². The number of rotatable bonds is 8. The second-order valence-corrected chi connectivity index (χ2v) is 11.0. The quantitative estimate of drug-likeness (QED) is 0.414. The van der Waals surface area contributed by atoms with Crippen LogP contribution in [0.1, 0.15) is 70.9 Å². The minimum absolute atomic E-state index is 0.171. The van der Waals surface area contributed by atoms with E-state index in [1.54, 1.807) is 0 Å². The SMILES string of the molecule is CCCC(C)Nc1ncc2c(-c3ccc(CN4CCNC(C)C4)cc3)cn(C3CCC(O)CC3)c2n1. The van der Waals surface area contributed by atoms with Crippen LogP contribution in [0.3, 0.4) is 0 Å². The Morgan fingerprint density at radius 1 is 1.17 bits per heavy atom. The molecule has 2 unspecified atom stereocenters. The van der Waals surface area contributed by atoms with Gasteiger partial charge in [-0.2, -0.15) is 4.98 Å². The van der Waals surface area contributed by atoms with E-state index in [4.69, 9.17) is 9.97 Å². The van der Waals surface area contributed by atoms with Gasteiger partial charge in [-0.25, -0.2) is 4.98 Å². The van der Waals surface area contributed by atoms with Crippen LogP contribution in [0.15, 0.2) is 36.7 Å². The Bertz CT molecular complexity index is 1130. The van der Waals surface area contributed by atoms with Crippen LogP contribution in [0.25, 0.3) is 22.2 Å². The van der Waals surface area contributed by atoms with Gasteiger partial charge in [0.25, 0.3) is 0 Å². The van der Waals surface area contributed by atoms with Crippen LogP contribution < -0.4 is 10.6 Å². The number of aliphatic hydroxyl groups is 1. The number of nitrogens with zero attached hydrogens (tertiary/aromatic N) is 4. The predicted molar refractivity (Wildman–Crippen MR) is 147 cm³/mol. The van der Waals surface area contributed by atoms with E-state index in [1.807, 2.05) is 6.20 Å². The fraction of sp³-hybridized carbons (Fsp3) is 0.586. The highest BCUT2D eigenvalue weighted by atomic mass is 16.3. The van der Waals surface area contributed by atoms with Gasteiger partial charge in [0.1, 0.15) is 5.65 Å². The molecular weight excluding hydrogens is 448 g/mol. The fourth-order valence-corrected chi connectivity index (χ4v) is 5.87. The average Bonchev–Trinajstić information content (AvgIpc) is 3.24. The van der Waals surface area contributed by atoms with Gasteiger partial charge in [-0.05, 0) is 57.1 Å². The third-order valence-electron chi connectivity index (χ3n) is 7.85. The monoisotopic (exact) mass is 490 g/mol. The maximum absolute atomic E-state index is 10.1. The summed E-state index contributed by atoms with van der Waals surface area (Å²) in [6, 6.07) is 10.3. The first-order valence-electron chi connectivity index (χ1n) is 13.9. The normalized spacial score (nSPS) is 24.2. The molecule has 2 aliphatic rings. The molecule has 3 heterocycles. The molecule has 2 aromatic heterocycles. The molecule has 1 aromatic carbocycles. The van der Waals surface area contributed by atoms with Crippen molar-refractivity contribution in [2.75, 3.05) is 25.0 Å². The molecule has 1 saturated heterocycles. The molecule has 1 saturated carbocycles. The van der Waals surface area contributed by atoms with E-state index >= 15 is 0 Å². The van der Waals surface area contributed by atoms with E-state index in [0.29, 0.717) is 24.1 Å². The average molecular weight is 491 g/mol. The van der Waals surface area contributed by atoms with Crippen LogP contribution in [-0.2, 0) is 6.54 Å². The van der Waals surface area contributed by atoms with Crippen LogP contribution in [0, 0.1) is 0 Å². The number of hydrogen-bond acceptors (Lipinski definition) is 6. The van der Waals surface area contributed by atoms with Gasteiger partial charge in [-0.3, -0.25) is 4.90 Å². The molecule has 3 aromatic rings. The van der Waals surface area contributed by atoms with Gasteiger partial charge in [0.05, 0.1) is 6.10 Å². The molecule has 0 amide bonds. The fourth-order valence-electron chi connectivity index (χ4n) is 5.87. The maximum Gasteiger partial charge on any atom is 0.224 e. The summed E-state index contributed by atoms with van der Waals surface area (Å²) >= 11 is 0. The van der Waals surface area contributed by atoms with Gasteiger partial charge in [-0.15, -0.1) is 0 Å². The van der Waals surface area contributed by atoms with Gasteiger partial charge < -0.3 is 20.3 Å².